The van der Waals surface area contributed by atoms with Gasteiger partial charge in [0.25, 0.3) is 0 Å². The summed E-state index contributed by atoms with van der Waals surface area (Å²) in [6, 6.07) is 4.01. The molecule has 0 aliphatic carbocycles. The van der Waals surface area contributed by atoms with Crippen molar-refractivity contribution in [2.24, 2.45) is 0 Å². The van der Waals surface area contributed by atoms with Crippen LogP contribution < -0.4 is 9.64 Å². The second-order valence-electron chi connectivity index (χ2n) is 4.23. The first-order valence-electron chi connectivity index (χ1n) is 5.58. The Hall–Kier alpha value is -0.200. The van der Waals surface area contributed by atoms with Gasteiger partial charge in [-0.05, 0) is 41.8 Å². The molecular weight excluding hydrogens is 351 g/mol. The molecule has 1 fully saturated rings. The molecule has 1 aromatic rings. The normalized spacial score (nSPS) is 17.3. The van der Waals surface area contributed by atoms with E-state index in [2.05, 4.69) is 39.4 Å². The molecule has 5 heteroatoms. The molecule has 0 aromatic heterocycles. The number of methoxy groups -OCH3 is 1. The molecule has 1 heterocycles. The largest absolute Gasteiger partial charge is 0.494 e. The second-order valence-corrected chi connectivity index (χ2v) is 5.88. The average molecular weight is 367 g/mol. The molecule has 0 spiro atoms. The van der Waals surface area contributed by atoms with Crippen LogP contribution in [0.4, 0.5) is 5.69 Å². The van der Waals surface area contributed by atoms with Crippen LogP contribution in [0.25, 0.3) is 0 Å². The highest BCUT2D eigenvalue weighted by Crippen LogP contribution is 2.37. The summed E-state index contributed by atoms with van der Waals surface area (Å²) in [5.74, 6) is 0.867. The minimum Gasteiger partial charge on any atom is -0.494 e. The van der Waals surface area contributed by atoms with Gasteiger partial charge >= 0.3 is 0 Å². The predicted octanol–water partition coefficient (Wildman–Crippen LogP) is 2.71. The zero-order valence-corrected chi connectivity index (χ0v) is 13.0. The first-order chi connectivity index (χ1) is 8.11. The van der Waals surface area contributed by atoms with E-state index in [9.17, 15) is 0 Å². The number of piperazine rings is 1. The third-order valence-corrected chi connectivity index (χ3v) is 3.94. The maximum atomic E-state index is 6.34. The fourth-order valence-corrected chi connectivity index (χ4v) is 3.14. The maximum absolute atomic E-state index is 6.34. The highest BCUT2D eigenvalue weighted by Gasteiger charge is 2.20. The van der Waals surface area contributed by atoms with Gasteiger partial charge in [0.15, 0.2) is 0 Å². The van der Waals surface area contributed by atoms with Crippen molar-refractivity contribution in [3.05, 3.63) is 20.7 Å². The summed E-state index contributed by atoms with van der Waals surface area (Å²) in [4.78, 5) is 4.63. The quantitative estimate of drug-likeness (QED) is 0.749. The number of likely N-dealkylation sites (N-methyl/N-ethyl adjacent to an activating group) is 1. The van der Waals surface area contributed by atoms with Crippen molar-refractivity contribution < 1.29 is 4.74 Å². The summed E-state index contributed by atoms with van der Waals surface area (Å²) in [6.07, 6.45) is 0. The van der Waals surface area contributed by atoms with Gasteiger partial charge in [-0.2, -0.15) is 0 Å². The summed E-state index contributed by atoms with van der Waals surface area (Å²) in [5.41, 5.74) is 1.03. The van der Waals surface area contributed by atoms with Crippen LogP contribution in [0, 0.1) is 3.57 Å². The average Bonchev–Trinajstić information content (AvgIpc) is 2.30. The topological polar surface area (TPSA) is 15.7 Å². The predicted molar refractivity (Wildman–Crippen MR) is 80.4 cm³/mol. The lowest BCUT2D eigenvalue weighted by atomic mass is 10.2. The molecule has 1 aromatic carbocycles. The molecule has 1 saturated heterocycles. The first-order valence-corrected chi connectivity index (χ1v) is 7.04. The van der Waals surface area contributed by atoms with Crippen molar-refractivity contribution in [1.29, 1.82) is 0 Å². The minimum atomic E-state index is 0.776. The van der Waals surface area contributed by atoms with Crippen LogP contribution in [0.5, 0.6) is 5.75 Å². The molecule has 0 bridgehead atoms. The molecule has 17 heavy (non-hydrogen) atoms. The van der Waals surface area contributed by atoms with Crippen LogP contribution >= 0.6 is 34.2 Å². The Morgan fingerprint density at radius 2 is 1.88 bits per heavy atom. The van der Waals surface area contributed by atoms with Crippen LogP contribution in [0.3, 0.4) is 0 Å². The summed E-state index contributed by atoms with van der Waals surface area (Å²) in [5, 5.41) is 0.776. The number of benzene rings is 1. The molecule has 0 atom stereocenters. The molecule has 1 aliphatic heterocycles. The Kier molecular flexibility index (Phi) is 4.38. The van der Waals surface area contributed by atoms with Crippen LogP contribution in [-0.4, -0.2) is 45.2 Å². The van der Waals surface area contributed by atoms with E-state index < -0.39 is 0 Å². The van der Waals surface area contributed by atoms with E-state index in [1.165, 1.54) is 0 Å². The van der Waals surface area contributed by atoms with Crippen molar-refractivity contribution in [1.82, 2.24) is 4.90 Å². The van der Waals surface area contributed by atoms with Crippen LogP contribution in [0.2, 0.25) is 5.02 Å². The number of nitrogens with zero attached hydrogens (tertiary/aromatic N) is 2. The van der Waals surface area contributed by atoms with Gasteiger partial charge in [-0.1, -0.05) is 11.6 Å². The van der Waals surface area contributed by atoms with E-state index in [-0.39, 0.29) is 0 Å². The van der Waals surface area contributed by atoms with Gasteiger partial charge in [-0.15, -0.1) is 0 Å². The SMILES string of the molecule is COc1cc(I)cc(Cl)c1N1CCN(C)CC1. The van der Waals surface area contributed by atoms with E-state index in [0.29, 0.717) is 0 Å². The first kappa shape index (κ1) is 13.2. The molecule has 0 N–H and O–H groups in total. The van der Waals surface area contributed by atoms with Crippen LogP contribution in [-0.2, 0) is 0 Å². The monoisotopic (exact) mass is 366 g/mol. The van der Waals surface area contributed by atoms with E-state index in [1.54, 1.807) is 7.11 Å². The third kappa shape index (κ3) is 2.98. The highest BCUT2D eigenvalue weighted by atomic mass is 127. The number of anilines is 1. The highest BCUT2D eigenvalue weighted by molar-refractivity contribution is 14.1. The zero-order valence-electron chi connectivity index (χ0n) is 10.0. The van der Waals surface area contributed by atoms with Gasteiger partial charge in [0.2, 0.25) is 0 Å². The molecule has 3 nitrogen and oxygen atoms in total. The second kappa shape index (κ2) is 5.63. The molecular formula is C12H16ClIN2O. The molecule has 1 aliphatic rings. The number of hydrogen-bond donors (Lipinski definition) is 0. The van der Waals surface area contributed by atoms with Crippen LogP contribution in [0.15, 0.2) is 12.1 Å². The number of halogens is 2. The lowest BCUT2D eigenvalue weighted by molar-refractivity contribution is 0.311. The lowest BCUT2D eigenvalue weighted by Gasteiger charge is -2.35. The van der Waals surface area contributed by atoms with Gasteiger partial charge in [0.1, 0.15) is 5.75 Å². The molecule has 0 radical (unpaired) electrons. The van der Waals surface area contributed by atoms with E-state index in [0.717, 1.165) is 46.2 Å². The standard InChI is InChI=1S/C12H16ClIN2O/c1-15-3-5-16(6-4-15)12-10(13)7-9(14)8-11(12)17-2/h7-8H,3-6H2,1-2H3. The zero-order chi connectivity index (χ0) is 12.4. The minimum absolute atomic E-state index is 0.776. The molecule has 0 unspecified atom stereocenters. The van der Waals surface area contributed by atoms with Crippen LogP contribution in [0.1, 0.15) is 0 Å². The maximum Gasteiger partial charge on any atom is 0.144 e. The molecule has 94 valence electrons. The van der Waals surface area contributed by atoms with Crippen molar-refractivity contribution in [2.75, 3.05) is 45.2 Å². The Bertz CT molecular complexity index is 406. The van der Waals surface area contributed by atoms with Crippen molar-refractivity contribution >= 4 is 39.9 Å². The van der Waals surface area contributed by atoms with Gasteiger partial charge < -0.3 is 14.5 Å². The number of hydrogen-bond acceptors (Lipinski definition) is 3. The summed E-state index contributed by atoms with van der Waals surface area (Å²) in [6.45, 7) is 4.11. The van der Waals surface area contributed by atoms with Gasteiger partial charge in [0, 0.05) is 29.7 Å². The summed E-state index contributed by atoms with van der Waals surface area (Å²) in [7, 11) is 3.84. The van der Waals surface area contributed by atoms with Crippen molar-refractivity contribution in [3.63, 3.8) is 0 Å². The Labute approximate surface area is 121 Å². The molecule has 0 amide bonds. The Morgan fingerprint density at radius 1 is 1.24 bits per heavy atom. The third-order valence-electron chi connectivity index (χ3n) is 3.03. The van der Waals surface area contributed by atoms with E-state index >= 15 is 0 Å². The fourth-order valence-electron chi connectivity index (χ4n) is 2.03. The Morgan fingerprint density at radius 3 is 2.47 bits per heavy atom. The molecule has 2 rings (SSSR count). The Balaban J connectivity index is 2.31. The van der Waals surface area contributed by atoms with Gasteiger partial charge in [-0.25, -0.2) is 0 Å². The smallest absolute Gasteiger partial charge is 0.144 e. The number of rotatable bonds is 2. The number of ether oxygens (including phenoxy) is 1. The van der Waals surface area contributed by atoms with Gasteiger partial charge in [-0.3, -0.25) is 0 Å². The lowest BCUT2D eigenvalue weighted by Crippen LogP contribution is -2.44. The van der Waals surface area contributed by atoms with Crippen molar-refractivity contribution in [2.45, 2.75) is 0 Å². The van der Waals surface area contributed by atoms with Gasteiger partial charge in [0.05, 0.1) is 17.8 Å². The summed E-state index contributed by atoms with van der Waals surface area (Å²) >= 11 is 8.60. The molecule has 0 saturated carbocycles. The van der Waals surface area contributed by atoms with E-state index in [1.807, 2.05) is 12.1 Å². The van der Waals surface area contributed by atoms with Crippen molar-refractivity contribution in [3.8, 4) is 5.75 Å². The van der Waals surface area contributed by atoms with E-state index in [4.69, 9.17) is 16.3 Å². The summed E-state index contributed by atoms with van der Waals surface area (Å²) < 4.78 is 6.54. The fraction of sp³-hybridized carbons (Fsp3) is 0.500.